The fourth-order valence-electron chi connectivity index (χ4n) is 2.60. The Morgan fingerprint density at radius 1 is 1.08 bits per heavy atom. The van der Waals surface area contributed by atoms with Crippen molar-refractivity contribution in [1.29, 1.82) is 0 Å². The van der Waals surface area contributed by atoms with E-state index < -0.39 is 0 Å². The van der Waals surface area contributed by atoms with Gasteiger partial charge in [-0.25, -0.2) is 9.78 Å². The highest BCUT2D eigenvalue weighted by Gasteiger charge is 2.14. The number of benzene rings is 2. The SMILES string of the molecule is CC(C)(C)NC(=O)Nc1ccc2nc(-c3ccc(Br)cc3)cc(N)c2c1. The molecule has 0 aliphatic rings. The molecule has 0 aliphatic heterocycles. The Hall–Kier alpha value is -2.60. The average molecular weight is 413 g/mol. The van der Waals surface area contributed by atoms with Crippen LogP contribution in [0.2, 0.25) is 0 Å². The molecule has 1 aromatic heterocycles. The number of pyridine rings is 1. The number of anilines is 2. The summed E-state index contributed by atoms with van der Waals surface area (Å²) in [5.74, 6) is 0. The number of nitrogens with zero attached hydrogens (tertiary/aromatic N) is 1. The first-order valence-electron chi connectivity index (χ1n) is 8.27. The number of hydrogen-bond donors (Lipinski definition) is 3. The van der Waals surface area contributed by atoms with Gasteiger partial charge in [0.25, 0.3) is 0 Å². The van der Waals surface area contributed by atoms with Gasteiger partial charge in [-0.3, -0.25) is 0 Å². The maximum Gasteiger partial charge on any atom is 0.319 e. The van der Waals surface area contributed by atoms with Crippen molar-refractivity contribution in [2.24, 2.45) is 0 Å². The molecule has 2 aromatic carbocycles. The average Bonchev–Trinajstić information content (AvgIpc) is 2.54. The van der Waals surface area contributed by atoms with E-state index in [2.05, 4.69) is 26.6 Å². The first kappa shape index (κ1) is 18.2. The molecule has 5 nitrogen and oxygen atoms in total. The van der Waals surface area contributed by atoms with Crippen LogP contribution >= 0.6 is 15.9 Å². The van der Waals surface area contributed by atoms with Crippen LogP contribution < -0.4 is 16.4 Å². The summed E-state index contributed by atoms with van der Waals surface area (Å²) >= 11 is 3.43. The van der Waals surface area contributed by atoms with Crippen molar-refractivity contribution < 1.29 is 4.79 Å². The lowest BCUT2D eigenvalue weighted by atomic mass is 10.1. The summed E-state index contributed by atoms with van der Waals surface area (Å²) in [7, 11) is 0. The molecule has 0 saturated carbocycles. The van der Waals surface area contributed by atoms with Crippen molar-refractivity contribution >= 4 is 44.2 Å². The van der Waals surface area contributed by atoms with E-state index in [-0.39, 0.29) is 11.6 Å². The molecule has 0 saturated heterocycles. The molecule has 1 heterocycles. The summed E-state index contributed by atoms with van der Waals surface area (Å²) in [4.78, 5) is 16.7. The number of hydrogen-bond acceptors (Lipinski definition) is 3. The molecule has 0 unspecified atom stereocenters. The number of halogens is 1. The number of nitrogen functional groups attached to an aromatic ring is 1. The Bertz CT molecular complexity index is 962. The number of nitrogens with one attached hydrogen (secondary N) is 2. The zero-order valence-corrected chi connectivity index (χ0v) is 16.5. The second-order valence-corrected chi connectivity index (χ2v) is 8.08. The van der Waals surface area contributed by atoms with Gasteiger partial charge in [0.15, 0.2) is 0 Å². The van der Waals surface area contributed by atoms with Gasteiger partial charge in [-0.2, -0.15) is 0 Å². The predicted molar refractivity (Wildman–Crippen MR) is 111 cm³/mol. The zero-order valence-electron chi connectivity index (χ0n) is 14.9. The van der Waals surface area contributed by atoms with Gasteiger partial charge in [-0.1, -0.05) is 28.1 Å². The maximum atomic E-state index is 12.0. The van der Waals surface area contributed by atoms with E-state index >= 15 is 0 Å². The molecule has 2 amide bonds. The van der Waals surface area contributed by atoms with E-state index in [1.807, 2.05) is 69.3 Å². The summed E-state index contributed by atoms with van der Waals surface area (Å²) in [5.41, 5.74) is 9.82. The lowest BCUT2D eigenvalue weighted by Gasteiger charge is -2.20. The third kappa shape index (κ3) is 4.32. The lowest BCUT2D eigenvalue weighted by Crippen LogP contribution is -2.43. The van der Waals surface area contributed by atoms with Crippen LogP contribution in [0.15, 0.2) is 53.0 Å². The number of aromatic nitrogens is 1. The Kier molecular flexibility index (Phi) is 4.87. The number of fused-ring (bicyclic) bond motifs is 1. The van der Waals surface area contributed by atoms with Crippen LogP contribution in [0.4, 0.5) is 16.2 Å². The number of rotatable bonds is 2. The van der Waals surface area contributed by atoms with Gasteiger partial charge in [0.1, 0.15) is 0 Å². The number of urea groups is 1. The van der Waals surface area contributed by atoms with Gasteiger partial charge < -0.3 is 16.4 Å². The normalized spacial score (nSPS) is 11.4. The van der Waals surface area contributed by atoms with E-state index in [0.717, 1.165) is 26.6 Å². The first-order chi connectivity index (χ1) is 12.2. The van der Waals surface area contributed by atoms with Crippen molar-refractivity contribution in [3.63, 3.8) is 0 Å². The van der Waals surface area contributed by atoms with Crippen molar-refractivity contribution in [1.82, 2.24) is 10.3 Å². The summed E-state index contributed by atoms with van der Waals surface area (Å²) in [6.45, 7) is 5.79. The first-order valence-corrected chi connectivity index (χ1v) is 9.06. The number of amides is 2. The van der Waals surface area contributed by atoms with Crippen LogP contribution in [-0.2, 0) is 0 Å². The number of carbonyl (C=O) groups is 1. The standard InChI is InChI=1S/C20H21BrN4O/c1-20(2,3)25-19(26)23-14-8-9-17-15(10-14)16(22)11-18(24-17)12-4-6-13(21)7-5-12/h4-11H,1-3H3,(H2,22,24)(H2,23,25,26). The van der Waals surface area contributed by atoms with E-state index in [9.17, 15) is 4.79 Å². The summed E-state index contributed by atoms with van der Waals surface area (Å²) < 4.78 is 1.01. The fourth-order valence-corrected chi connectivity index (χ4v) is 2.87. The molecule has 0 radical (unpaired) electrons. The highest BCUT2D eigenvalue weighted by atomic mass is 79.9. The van der Waals surface area contributed by atoms with Gasteiger partial charge in [0.05, 0.1) is 11.2 Å². The minimum Gasteiger partial charge on any atom is -0.398 e. The molecule has 3 rings (SSSR count). The Morgan fingerprint density at radius 3 is 2.42 bits per heavy atom. The van der Waals surface area contributed by atoms with Crippen molar-refractivity contribution in [2.75, 3.05) is 11.1 Å². The molecule has 134 valence electrons. The molecule has 0 atom stereocenters. The quantitative estimate of drug-likeness (QED) is 0.543. The van der Waals surface area contributed by atoms with Crippen LogP contribution in [0.1, 0.15) is 20.8 Å². The fraction of sp³-hybridized carbons (Fsp3) is 0.200. The smallest absolute Gasteiger partial charge is 0.319 e. The second kappa shape index (κ2) is 6.96. The molecular formula is C20H21BrN4O. The molecule has 26 heavy (non-hydrogen) atoms. The maximum absolute atomic E-state index is 12.0. The predicted octanol–water partition coefficient (Wildman–Crippen LogP) is 5.17. The van der Waals surface area contributed by atoms with Gasteiger partial charge in [0, 0.05) is 32.3 Å². The van der Waals surface area contributed by atoms with Crippen LogP contribution in [0.5, 0.6) is 0 Å². The summed E-state index contributed by atoms with van der Waals surface area (Å²) in [6, 6.07) is 15.0. The molecule has 0 bridgehead atoms. The lowest BCUT2D eigenvalue weighted by molar-refractivity contribution is 0.244. The second-order valence-electron chi connectivity index (χ2n) is 7.16. The Labute approximate surface area is 161 Å². The van der Waals surface area contributed by atoms with Gasteiger partial charge in [-0.15, -0.1) is 0 Å². The van der Waals surface area contributed by atoms with Gasteiger partial charge in [0.2, 0.25) is 0 Å². The largest absolute Gasteiger partial charge is 0.398 e. The van der Waals surface area contributed by atoms with E-state index in [0.29, 0.717) is 11.4 Å². The zero-order chi connectivity index (χ0) is 18.9. The minimum atomic E-state index is -0.304. The molecule has 0 spiro atoms. The number of carbonyl (C=O) groups excluding carboxylic acids is 1. The van der Waals surface area contributed by atoms with Crippen LogP contribution in [0.3, 0.4) is 0 Å². The van der Waals surface area contributed by atoms with Crippen molar-refractivity contribution in [3.8, 4) is 11.3 Å². The third-order valence-corrected chi connectivity index (χ3v) is 4.26. The highest BCUT2D eigenvalue weighted by Crippen LogP contribution is 2.29. The molecule has 0 fully saturated rings. The molecule has 6 heteroatoms. The van der Waals surface area contributed by atoms with Crippen molar-refractivity contribution in [3.05, 3.63) is 53.0 Å². The molecule has 0 aliphatic carbocycles. The minimum absolute atomic E-state index is 0.255. The Morgan fingerprint density at radius 2 is 1.77 bits per heavy atom. The summed E-state index contributed by atoms with van der Waals surface area (Å²) in [6.07, 6.45) is 0. The monoisotopic (exact) mass is 412 g/mol. The topological polar surface area (TPSA) is 80.0 Å². The van der Waals surface area contributed by atoms with E-state index in [1.165, 1.54) is 0 Å². The van der Waals surface area contributed by atoms with Gasteiger partial charge >= 0.3 is 6.03 Å². The van der Waals surface area contributed by atoms with Gasteiger partial charge in [-0.05, 0) is 57.2 Å². The van der Waals surface area contributed by atoms with Crippen LogP contribution in [-0.4, -0.2) is 16.6 Å². The van der Waals surface area contributed by atoms with Crippen LogP contribution in [0.25, 0.3) is 22.2 Å². The highest BCUT2D eigenvalue weighted by molar-refractivity contribution is 9.10. The third-order valence-electron chi connectivity index (χ3n) is 3.73. The van der Waals surface area contributed by atoms with E-state index in [4.69, 9.17) is 10.7 Å². The summed E-state index contributed by atoms with van der Waals surface area (Å²) in [5, 5.41) is 6.50. The van der Waals surface area contributed by atoms with Crippen LogP contribution in [0, 0.1) is 0 Å². The van der Waals surface area contributed by atoms with Crippen molar-refractivity contribution in [2.45, 2.75) is 26.3 Å². The Balaban J connectivity index is 1.91. The molecule has 3 aromatic rings. The molecule has 4 N–H and O–H groups in total. The van der Waals surface area contributed by atoms with E-state index in [1.54, 1.807) is 0 Å². The number of nitrogens with two attached hydrogens (primary N) is 1. The molecular weight excluding hydrogens is 392 g/mol.